The van der Waals surface area contributed by atoms with Crippen LogP contribution in [0.5, 0.6) is 0 Å². The number of aromatic amines is 1. The van der Waals surface area contributed by atoms with Crippen LogP contribution in [0.15, 0.2) is 28.7 Å². The van der Waals surface area contributed by atoms with E-state index in [9.17, 15) is 13.6 Å². The third kappa shape index (κ3) is 2.60. The maximum atomic E-state index is 13.2. The molecule has 3 N–H and O–H groups in total. The number of rotatable bonds is 2. The van der Waals surface area contributed by atoms with E-state index in [0.717, 1.165) is 21.1 Å². The average molecular weight is 355 g/mol. The number of nitrogens with one attached hydrogen (secondary N) is 1. The first-order chi connectivity index (χ1) is 9.87. The molecule has 0 spiro atoms. The smallest absolute Gasteiger partial charge is 0.251 e. The number of benzene rings is 1. The van der Waals surface area contributed by atoms with E-state index in [0.29, 0.717) is 17.5 Å². The van der Waals surface area contributed by atoms with E-state index in [1.165, 1.54) is 0 Å². The van der Waals surface area contributed by atoms with Crippen molar-refractivity contribution in [3.05, 3.63) is 40.0 Å². The van der Waals surface area contributed by atoms with Crippen LogP contribution in [0.4, 0.5) is 8.78 Å². The second-order valence-corrected chi connectivity index (χ2v) is 6.07. The Kier molecular flexibility index (Phi) is 3.36. The number of alkyl halides is 2. The largest absolute Gasteiger partial charge is 0.366 e. The lowest BCUT2D eigenvalue weighted by molar-refractivity contribution is -0.00605. The number of carbonyl (C=O) groups is 1. The summed E-state index contributed by atoms with van der Waals surface area (Å²) >= 11 is 3.42. The third-order valence-corrected chi connectivity index (χ3v) is 4.45. The number of H-pyrrole nitrogens is 1. The van der Waals surface area contributed by atoms with E-state index in [2.05, 4.69) is 20.9 Å². The second-order valence-electron chi connectivity index (χ2n) is 5.22. The molecule has 21 heavy (non-hydrogen) atoms. The molecular formula is C15H13BrF2N2O. The molecule has 0 fully saturated rings. The minimum atomic E-state index is -2.62. The highest BCUT2D eigenvalue weighted by Crippen LogP contribution is 2.38. The minimum Gasteiger partial charge on any atom is -0.366 e. The number of fused-ring (bicyclic) bond motifs is 1. The lowest BCUT2D eigenvalue weighted by Gasteiger charge is -2.20. The van der Waals surface area contributed by atoms with Crippen LogP contribution >= 0.6 is 15.9 Å². The Balaban J connectivity index is 2.10. The topological polar surface area (TPSA) is 58.9 Å². The Morgan fingerprint density at radius 1 is 1.38 bits per heavy atom. The van der Waals surface area contributed by atoms with Gasteiger partial charge >= 0.3 is 0 Å². The Morgan fingerprint density at radius 3 is 2.76 bits per heavy atom. The van der Waals surface area contributed by atoms with Crippen LogP contribution in [0.1, 0.15) is 35.3 Å². The molecule has 3 nitrogen and oxygen atoms in total. The van der Waals surface area contributed by atoms with Crippen molar-refractivity contribution in [3.8, 4) is 0 Å². The van der Waals surface area contributed by atoms with Crippen molar-refractivity contribution in [2.45, 2.75) is 25.2 Å². The normalized spacial score (nSPS) is 17.8. The summed E-state index contributed by atoms with van der Waals surface area (Å²) < 4.78 is 27.2. The monoisotopic (exact) mass is 354 g/mol. The van der Waals surface area contributed by atoms with Gasteiger partial charge in [0.2, 0.25) is 0 Å². The number of nitrogens with two attached hydrogens (primary N) is 1. The van der Waals surface area contributed by atoms with Gasteiger partial charge < -0.3 is 10.7 Å². The Hall–Kier alpha value is -1.69. The van der Waals surface area contributed by atoms with E-state index in [1.54, 1.807) is 18.2 Å². The summed E-state index contributed by atoms with van der Waals surface area (Å²) in [5, 5.41) is 0.819. The summed E-state index contributed by atoms with van der Waals surface area (Å²) in [4.78, 5) is 14.6. The van der Waals surface area contributed by atoms with Crippen LogP contribution in [0, 0.1) is 0 Å². The lowest BCUT2D eigenvalue weighted by atomic mass is 9.94. The molecule has 0 atom stereocenters. The van der Waals surface area contributed by atoms with Crippen molar-refractivity contribution in [1.82, 2.24) is 4.98 Å². The van der Waals surface area contributed by atoms with Gasteiger partial charge in [0.25, 0.3) is 11.8 Å². The highest BCUT2D eigenvalue weighted by atomic mass is 79.9. The van der Waals surface area contributed by atoms with E-state index in [4.69, 9.17) is 5.73 Å². The Labute approximate surface area is 128 Å². The van der Waals surface area contributed by atoms with Crippen molar-refractivity contribution in [2.75, 3.05) is 0 Å². The summed E-state index contributed by atoms with van der Waals surface area (Å²) in [6.07, 6.45) is 1.47. The van der Waals surface area contributed by atoms with Gasteiger partial charge in [-0.1, -0.05) is 22.0 Å². The standard InChI is InChI=1S/C15H13BrF2N2O/c16-11-2-1-9(14(19)21)13-10(11)7-12(20-13)8-3-5-15(17,18)6-4-8/h1-3,7,20H,4-6H2,(H2,19,21). The Morgan fingerprint density at radius 2 is 2.14 bits per heavy atom. The van der Waals surface area contributed by atoms with E-state index in [-0.39, 0.29) is 12.8 Å². The minimum absolute atomic E-state index is 0.155. The van der Waals surface area contributed by atoms with E-state index >= 15 is 0 Å². The first kappa shape index (κ1) is 14.3. The molecule has 110 valence electrons. The first-order valence-electron chi connectivity index (χ1n) is 6.56. The number of carbonyl (C=O) groups excluding carboxylic acids is 1. The van der Waals surface area contributed by atoms with Crippen molar-refractivity contribution >= 4 is 38.3 Å². The number of aromatic nitrogens is 1. The Bertz CT molecular complexity index is 764. The molecule has 1 aromatic heterocycles. The second kappa shape index (κ2) is 4.94. The molecule has 1 aliphatic carbocycles. The zero-order valence-corrected chi connectivity index (χ0v) is 12.6. The molecular weight excluding hydrogens is 342 g/mol. The molecule has 1 aliphatic rings. The van der Waals surface area contributed by atoms with Gasteiger partial charge in [-0.25, -0.2) is 8.78 Å². The number of amides is 1. The van der Waals surface area contributed by atoms with Crippen molar-refractivity contribution in [1.29, 1.82) is 0 Å². The van der Waals surface area contributed by atoms with Crippen LogP contribution in [0.25, 0.3) is 16.5 Å². The molecule has 0 radical (unpaired) electrons. The number of hydrogen-bond acceptors (Lipinski definition) is 1. The van der Waals surface area contributed by atoms with E-state index in [1.807, 2.05) is 6.07 Å². The fourth-order valence-corrected chi connectivity index (χ4v) is 3.05. The summed E-state index contributed by atoms with van der Waals surface area (Å²) in [5.74, 6) is -3.14. The van der Waals surface area contributed by atoms with Gasteiger partial charge in [-0.15, -0.1) is 0 Å². The SMILES string of the molecule is NC(=O)c1ccc(Br)c2cc(C3=CCC(F)(F)CC3)[nH]c12. The molecule has 0 saturated carbocycles. The first-order valence-corrected chi connectivity index (χ1v) is 7.35. The highest BCUT2D eigenvalue weighted by Gasteiger charge is 2.31. The van der Waals surface area contributed by atoms with Gasteiger partial charge in [-0.05, 0) is 30.2 Å². The number of halogens is 3. The highest BCUT2D eigenvalue weighted by molar-refractivity contribution is 9.10. The summed E-state index contributed by atoms with van der Waals surface area (Å²) in [6.45, 7) is 0. The van der Waals surface area contributed by atoms with Gasteiger partial charge in [-0.2, -0.15) is 0 Å². The van der Waals surface area contributed by atoms with Crippen molar-refractivity contribution in [2.24, 2.45) is 5.73 Å². The molecule has 1 aromatic carbocycles. The quantitative estimate of drug-likeness (QED) is 0.832. The molecule has 1 heterocycles. The molecule has 6 heteroatoms. The lowest BCUT2D eigenvalue weighted by Crippen LogP contribution is -2.18. The predicted molar refractivity (Wildman–Crippen MR) is 81.3 cm³/mol. The molecule has 3 rings (SSSR count). The maximum Gasteiger partial charge on any atom is 0.251 e. The van der Waals surface area contributed by atoms with Gasteiger partial charge in [0, 0.05) is 28.4 Å². The van der Waals surface area contributed by atoms with Crippen molar-refractivity contribution < 1.29 is 13.6 Å². The number of primary amides is 1. The molecule has 0 aliphatic heterocycles. The zero-order chi connectivity index (χ0) is 15.2. The number of hydrogen-bond donors (Lipinski definition) is 2. The number of allylic oxidation sites excluding steroid dienone is 2. The van der Waals surface area contributed by atoms with Crippen molar-refractivity contribution in [3.63, 3.8) is 0 Å². The van der Waals surface area contributed by atoms with Crippen LogP contribution in [-0.4, -0.2) is 16.8 Å². The molecule has 0 bridgehead atoms. The van der Waals surface area contributed by atoms with Gasteiger partial charge in [-0.3, -0.25) is 4.79 Å². The summed E-state index contributed by atoms with van der Waals surface area (Å²) in [6, 6.07) is 5.25. The average Bonchev–Trinajstić information content (AvgIpc) is 2.84. The van der Waals surface area contributed by atoms with Gasteiger partial charge in [0.15, 0.2) is 0 Å². The fourth-order valence-electron chi connectivity index (χ4n) is 2.60. The fraction of sp³-hybridized carbons (Fsp3) is 0.267. The third-order valence-electron chi connectivity index (χ3n) is 3.76. The zero-order valence-electron chi connectivity index (χ0n) is 11.1. The predicted octanol–water partition coefficient (Wildman–Crippen LogP) is 4.23. The van der Waals surface area contributed by atoms with Crippen LogP contribution in [-0.2, 0) is 0 Å². The molecule has 1 amide bonds. The van der Waals surface area contributed by atoms with Gasteiger partial charge in [0.05, 0.1) is 11.1 Å². The molecule has 0 unspecified atom stereocenters. The van der Waals surface area contributed by atoms with E-state index < -0.39 is 11.8 Å². The summed E-state index contributed by atoms with van der Waals surface area (Å²) in [5.41, 5.74) is 7.99. The molecule has 2 aromatic rings. The van der Waals surface area contributed by atoms with Gasteiger partial charge in [0.1, 0.15) is 0 Å². The molecule has 0 saturated heterocycles. The van der Waals surface area contributed by atoms with Crippen LogP contribution < -0.4 is 5.73 Å². The maximum absolute atomic E-state index is 13.2. The van der Waals surface area contributed by atoms with Crippen LogP contribution in [0.3, 0.4) is 0 Å². The summed E-state index contributed by atoms with van der Waals surface area (Å²) in [7, 11) is 0. The van der Waals surface area contributed by atoms with Crippen LogP contribution in [0.2, 0.25) is 0 Å².